The van der Waals surface area contributed by atoms with Crippen molar-refractivity contribution in [2.45, 2.75) is 71.7 Å². The van der Waals surface area contributed by atoms with Crippen molar-refractivity contribution in [3.8, 4) is 0 Å². The number of esters is 1. The molecular weight excluding hydrogens is 360 g/mol. The number of hydrogen-bond donors (Lipinski definition) is 3. The Labute approximate surface area is 167 Å². The predicted molar refractivity (Wildman–Crippen MR) is 103 cm³/mol. The molecule has 0 saturated heterocycles. The number of rotatable bonds is 3. The van der Waals surface area contributed by atoms with Crippen LogP contribution in [0.4, 0.5) is 0 Å². The number of carbonyl (C=O) groups excluding carboxylic acids is 2. The Morgan fingerprint density at radius 1 is 1.25 bits per heavy atom. The second-order valence-electron chi connectivity index (χ2n) is 9.76. The van der Waals surface area contributed by atoms with Crippen LogP contribution in [0, 0.1) is 34.0 Å². The number of aliphatic hydroxyl groups is 3. The molecule has 158 valence electrons. The van der Waals surface area contributed by atoms with Crippen LogP contribution in [0.15, 0.2) is 12.7 Å². The second-order valence-corrected chi connectivity index (χ2v) is 9.76. The summed E-state index contributed by atoms with van der Waals surface area (Å²) in [6, 6.07) is 0. The van der Waals surface area contributed by atoms with E-state index in [9.17, 15) is 24.9 Å². The number of ether oxygens (including phenoxy) is 1. The molecule has 9 unspecified atom stereocenters. The molecule has 9 atom stereocenters. The zero-order chi connectivity index (χ0) is 21.1. The van der Waals surface area contributed by atoms with E-state index in [1.54, 1.807) is 6.92 Å². The number of Topliss-reactive ketones (excluding diaryl/α,β-unsaturated/α-hetero) is 1. The minimum absolute atomic E-state index is 0.0235. The summed E-state index contributed by atoms with van der Waals surface area (Å²) in [5.74, 6) is -1.33. The first kappa shape index (κ1) is 21.5. The molecule has 0 amide bonds. The lowest BCUT2D eigenvalue weighted by atomic mass is 9.43. The van der Waals surface area contributed by atoms with Gasteiger partial charge >= 0.3 is 5.97 Å². The highest BCUT2D eigenvalue weighted by Crippen LogP contribution is 2.67. The van der Waals surface area contributed by atoms with Gasteiger partial charge in [-0.05, 0) is 36.5 Å². The Morgan fingerprint density at radius 2 is 1.89 bits per heavy atom. The van der Waals surface area contributed by atoms with Gasteiger partial charge in [-0.25, -0.2) is 4.79 Å². The number of ketones is 1. The summed E-state index contributed by atoms with van der Waals surface area (Å²) in [5, 5.41) is 32.0. The molecule has 2 bridgehead atoms. The SMILES string of the molecule is C=CC1(C)C(O)C(C)C23CCC(=O)C2C(C)(C(C)CC3)C(OC(=O)CO)C1O. The Bertz CT molecular complexity index is 676. The summed E-state index contributed by atoms with van der Waals surface area (Å²) in [4.78, 5) is 25.2. The molecule has 3 rings (SSSR count). The molecule has 0 radical (unpaired) electrons. The van der Waals surface area contributed by atoms with Gasteiger partial charge in [0.2, 0.25) is 0 Å². The molecule has 0 aromatic rings. The molecule has 0 aliphatic heterocycles. The molecule has 28 heavy (non-hydrogen) atoms. The smallest absolute Gasteiger partial charge is 0.332 e. The first-order chi connectivity index (χ1) is 13.0. The van der Waals surface area contributed by atoms with Crippen molar-refractivity contribution in [1.82, 2.24) is 0 Å². The molecule has 6 nitrogen and oxygen atoms in total. The molecule has 3 fully saturated rings. The molecule has 0 heterocycles. The van der Waals surface area contributed by atoms with Crippen molar-refractivity contribution in [3.63, 3.8) is 0 Å². The molecule has 3 N–H and O–H groups in total. The molecular formula is C22H34O6. The maximum Gasteiger partial charge on any atom is 0.332 e. The Balaban J connectivity index is 2.27. The normalized spacial score (nSPS) is 51.0. The first-order valence-electron chi connectivity index (χ1n) is 10.3. The highest BCUT2D eigenvalue weighted by molar-refractivity contribution is 5.85. The van der Waals surface area contributed by atoms with E-state index in [0.717, 1.165) is 12.8 Å². The fourth-order valence-corrected chi connectivity index (χ4v) is 6.75. The van der Waals surface area contributed by atoms with Crippen LogP contribution >= 0.6 is 0 Å². The molecule has 0 aromatic carbocycles. The van der Waals surface area contributed by atoms with Crippen molar-refractivity contribution in [3.05, 3.63) is 12.7 Å². The third-order valence-electron chi connectivity index (χ3n) is 8.84. The van der Waals surface area contributed by atoms with E-state index in [1.807, 2.05) is 20.8 Å². The quantitative estimate of drug-likeness (QED) is 0.499. The van der Waals surface area contributed by atoms with E-state index >= 15 is 0 Å². The van der Waals surface area contributed by atoms with Gasteiger partial charge in [0, 0.05) is 23.2 Å². The monoisotopic (exact) mass is 394 g/mol. The average molecular weight is 395 g/mol. The molecule has 3 aliphatic carbocycles. The zero-order valence-electron chi connectivity index (χ0n) is 17.4. The van der Waals surface area contributed by atoms with Crippen molar-refractivity contribution in [2.24, 2.45) is 34.0 Å². The molecule has 0 spiro atoms. The minimum atomic E-state index is -1.25. The van der Waals surface area contributed by atoms with Crippen molar-refractivity contribution in [1.29, 1.82) is 0 Å². The third-order valence-corrected chi connectivity index (χ3v) is 8.84. The standard InChI is InChI=1S/C22H34O6/c1-6-20(4)17(26)13(3)22-9-7-12(2)21(5,16(22)14(24)8-10-22)19(18(20)27)28-15(25)11-23/h6,12-13,16-19,23,26-27H,1,7-11H2,2-5H3. The zero-order valence-corrected chi connectivity index (χ0v) is 17.4. The van der Waals surface area contributed by atoms with Crippen molar-refractivity contribution < 1.29 is 29.6 Å². The van der Waals surface area contributed by atoms with Crippen LogP contribution in [0.5, 0.6) is 0 Å². The van der Waals surface area contributed by atoms with Crippen LogP contribution in [0.25, 0.3) is 0 Å². The van der Waals surface area contributed by atoms with Gasteiger partial charge in [-0.15, -0.1) is 6.58 Å². The lowest BCUT2D eigenvalue weighted by Gasteiger charge is -2.63. The average Bonchev–Trinajstić information content (AvgIpc) is 3.04. The largest absolute Gasteiger partial charge is 0.457 e. The summed E-state index contributed by atoms with van der Waals surface area (Å²) in [6.45, 7) is 10.7. The third kappa shape index (κ3) is 2.57. The van der Waals surface area contributed by atoms with Crippen molar-refractivity contribution in [2.75, 3.05) is 6.61 Å². The number of carbonyl (C=O) groups is 2. The van der Waals surface area contributed by atoms with Gasteiger partial charge < -0.3 is 20.1 Å². The lowest BCUT2D eigenvalue weighted by Crippen LogP contribution is -2.68. The van der Waals surface area contributed by atoms with Crippen molar-refractivity contribution >= 4 is 11.8 Å². The summed E-state index contributed by atoms with van der Waals surface area (Å²) >= 11 is 0. The first-order valence-corrected chi connectivity index (χ1v) is 10.3. The highest BCUT2D eigenvalue weighted by Gasteiger charge is 2.70. The van der Waals surface area contributed by atoms with Gasteiger partial charge in [0.15, 0.2) is 0 Å². The molecule has 6 heteroatoms. The number of aliphatic hydroxyl groups excluding tert-OH is 3. The Kier molecular flexibility index (Phi) is 5.31. The van der Waals surface area contributed by atoms with Crippen LogP contribution in [-0.4, -0.2) is 52.0 Å². The van der Waals surface area contributed by atoms with Crippen LogP contribution in [-0.2, 0) is 14.3 Å². The van der Waals surface area contributed by atoms with E-state index in [4.69, 9.17) is 4.74 Å². The second kappa shape index (κ2) is 6.92. The predicted octanol–water partition coefficient (Wildman–Crippen LogP) is 1.86. The summed E-state index contributed by atoms with van der Waals surface area (Å²) < 4.78 is 5.63. The molecule has 3 saturated carbocycles. The summed E-state index contributed by atoms with van der Waals surface area (Å²) in [6.07, 6.45) is 1.09. The van der Waals surface area contributed by atoms with Gasteiger partial charge in [0.05, 0.1) is 6.10 Å². The van der Waals surface area contributed by atoms with Gasteiger partial charge in [-0.1, -0.05) is 33.8 Å². The maximum absolute atomic E-state index is 13.2. The Hall–Kier alpha value is -1.24. The molecule has 3 aliphatic rings. The highest BCUT2D eigenvalue weighted by atomic mass is 16.6. The topological polar surface area (TPSA) is 104 Å². The number of hydrogen-bond acceptors (Lipinski definition) is 6. The fraction of sp³-hybridized carbons (Fsp3) is 0.818. The van der Waals surface area contributed by atoms with Gasteiger partial charge in [-0.2, -0.15) is 0 Å². The van der Waals surface area contributed by atoms with Gasteiger partial charge in [-0.3, -0.25) is 4.79 Å². The van der Waals surface area contributed by atoms with E-state index in [0.29, 0.717) is 12.8 Å². The van der Waals surface area contributed by atoms with Gasteiger partial charge in [0.25, 0.3) is 0 Å². The Morgan fingerprint density at radius 3 is 2.46 bits per heavy atom. The molecule has 0 aromatic heterocycles. The lowest BCUT2D eigenvalue weighted by molar-refractivity contribution is -0.239. The van der Waals surface area contributed by atoms with E-state index in [2.05, 4.69) is 6.58 Å². The fourth-order valence-electron chi connectivity index (χ4n) is 6.75. The van der Waals surface area contributed by atoms with Crippen LogP contribution in [0.2, 0.25) is 0 Å². The minimum Gasteiger partial charge on any atom is -0.457 e. The van der Waals surface area contributed by atoms with E-state index < -0.39 is 53.1 Å². The van der Waals surface area contributed by atoms with Crippen LogP contribution in [0.3, 0.4) is 0 Å². The van der Waals surface area contributed by atoms with E-state index in [1.165, 1.54) is 6.08 Å². The summed E-state index contributed by atoms with van der Waals surface area (Å²) in [5.41, 5.74) is -2.32. The van der Waals surface area contributed by atoms with E-state index in [-0.39, 0.29) is 17.6 Å². The maximum atomic E-state index is 13.2. The van der Waals surface area contributed by atoms with Crippen LogP contribution in [0.1, 0.15) is 53.4 Å². The van der Waals surface area contributed by atoms with Crippen LogP contribution < -0.4 is 0 Å². The summed E-state index contributed by atoms with van der Waals surface area (Å²) in [7, 11) is 0. The van der Waals surface area contributed by atoms with Gasteiger partial charge in [0.1, 0.15) is 24.6 Å².